The Labute approximate surface area is 177 Å². The SMILES string of the molecule is O=[N+]([O-])c1cc(/C=N/OCc2cc(Cl)c3c(c2)OCCO3)ccc1N1CCOCC1. The molecule has 158 valence electrons. The second kappa shape index (κ2) is 9.19. The molecule has 30 heavy (non-hydrogen) atoms. The van der Waals surface area contributed by atoms with Gasteiger partial charge in [0.05, 0.1) is 29.4 Å². The Hall–Kier alpha value is -3.04. The van der Waals surface area contributed by atoms with E-state index in [1.165, 1.54) is 12.3 Å². The summed E-state index contributed by atoms with van der Waals surface area (Å²) in [4.78, 5) is 18.4. The van der Waals surface area contributed by atoms with E-state index in [-0.39, 0.29) is 17.2 Å². The van der Waals surface area contributed by atoms with Crippen LogP contribution in [0.1, 0.15) is 11.1 Å². The molecule has 0 aromatic heterocycles. The molecule has 9 nitrogen and oxygen atoms in total. The van der Waals surface area contributed by atoms with E-state index >= 15 is 0 Å². The molecule has 2 aromatic rings. The first-order valence-electron chi connectivity index (χ1n) is 9.46. The molecule has 0 N–H and O–H groups in total. The number of nitrogens with zero attached hydrogens (tertiary/aromatic N) is 3. The summed E-state index contributed by atoms with van der Waals surface area (Å²) in [6.07, 6.45) is 1.44. The van der Waals surface area contributed by atoms with Crippen LogP contribution in [0.15, 0.2) is 35.5 Å². The van der Waals surface area contributed by atoms with Gasteiger partial charge in [-0.3, -0.25) is 10.1 Å². The van der Waals surface area contributed by atoms with Crippen LogP contribution in [-0.4, -0.2) is 50.7 Å². The average molecular weight is 434 g/mol. The maximum atomic E-state index is 11.5. The summed E-state index contributed by atoms with van der Waals surface area (Å²) in [5, 5.41) is 15.9. The normalized spacial score (nSPS) is 16.0. The van der Waals surface area contributed by atoms with Gasteiger partial charge in [0.1, 0.15) is 25.5 Å². The van der Waals surface area contributed by atoms with Crippen molar-refractivity contribution in [3.05, 3.63) is 56.6 Å². The number of morpholine rings is 1. The van der Waals surface area contributed by atoms with E-state index in [2.05, 4.69) is 5.16 Å². The second-order valence-corrected chi connectivity index (χ2v) is 7.12. The summed E-state index contributed by atoms with van der Waals surface area (Å²) in [6.45, 7) is 3.44. The lowest BCUT2D eigenvalue weighted by Crippen LogP contribution is -2.36. The highest BCUT2D eigenvalue weighted by Gasteiger charge is 2.21. The molecule has 0 amide bonds. The number of hydrogen-bond donors (Lipinski definition) is 0. The lowest BCUT2D eigenvalue weighted by Gasteiger charge is -2.28. The highest BCUT2D eigenvalue weighted by atomic mass is 35.5. The molecule has 0 unspecified atom stereocenters. The highest BCUT2D eigenvalue weighted by molar-refractivity contribution is 6.32. The average Bonchev–Trinajstić information content (AvgIpc) is 2.77. The molecule has 1 fully saturated rings. The Kier molecular flexibility index (Phi) is 6.20. The fraction of sp³-hybridized carbons (Fsp3) is 0.350. The van der Waals surface area contributed by atoms with E-state index in [9.17, 15) is 10.1 Å². The molecule has 2 aliphatic heterocycles. The minimum Gasteiger partial charge on any atom is -0.486 e. The lowest BCUT2D eigenvalue weighted by atomic mass is 10.1. The maximum absolute atomic E-state index is 11.5. The van der Waals surface area contributed by atoms with Crippen molar-refractivity contribution in [2.75, 3.05) is 44.4 Å². The molecule has 2 aliphatic rings. The summed E-state index contributed by atoms with van der Waals surface area (Å²) in [7, 11) is 0. The largest absolute Gasteiger partial charge is 0.486 e. The topological polar surface area (TPSA) is 95.7 Å². The molecule has 0 radical (unpaired) electrons. The number of benzene rings is 2. The summed E-state index contributed by atoms with van der Waals surface area (Å²) >= 11 is 6.21. The van der Waals surface area contributed by atoms with Crippen molar-refractivity contribution in [2.24, 2.45) is 5.16 Å². The van der Waals surface area contributed by atoms with Crippen molar-refractivity contribution in [3.63, 3.8) is 0 Å². The van der Waals surface area contributed by atoms with Gasteiger partial charge < -0.3 is 23.9 Å². The van der Waals surface area contributed by atoms with Crippen LogP contribution in [0.4, 0.5) is 11.4 Å². The fourth-order valence-electron chi connectivity index (χ4n) is 3.30. The summed E-state index contributed by atoms with van der Waals surface area (Å²) in [5.41, 5.74) is 1.95. The zero-order valence-corrected chi connectivity index (χ0v) is 16.8. The highest BCUT2D eigenvalue weighted by Crippen LogP contribution is 2.38. The smallest absolute Gasteiger partial charge is 0.293 e. The number of nitro benzene ring substituents is 1. The van der Waals surface area contributed by atoms with E-state index in [0.29, 0.717) is 67.3 Å². The zero-order valence-electron chi connectivity index (χ0n) is 16.1. The lowest BCUT2D eigenvalue weighted by molar-refractivity contribution is -0.384. The first-order chi connectivity index (χ1) is 14.6. The first-order valence-corrected chi connectivity index (χ1v) is 9.84. The van der Waals surface area contributed by atoms with Gasteiger partial charge >= 0.3 is 0 Å². The molecular weight excluding hydrogens is 414 g/mol. The van der Waals surface area contributed by atoms with Crippen molar-refractivity contribution in [1.29, 1.82) is 0 Å². The zero-order chi connectivity index (χ0) is 20.9. The molecule has 0 aliphatic carbocycles. The molecule has 10 heteroatoms. The molecule has 0 spiro atoms. The van der Waals surface area contributed by atoms with Gasteiger partial charge in [-0.2, -0.15) is 0 Å². The molecule has 4 rings (SSSR count). The quantitative estimate of drug-likeness (QED) is 0.391. The van der Waals surface area contributed by atoms with E-state index < -0.39 is 0 Å². The number of nitro groups is 1. The van der Waals surface area contributed by atoms with Crippen LogP contribution in [-0.2, 0) is 16.2 Å². The predicted molar refractivity (Wildman–Crippen MR) is 111 cm³/mol. The molecule has 1 saturated heterocycles. The van der Waals surface area contributed by atoms with Gasteiger partial charge in [0, 0.05) is 24.7 Å². The molecular formula is C20H20ClN3O6. The van der Waals surface area contributed by atoms with Crippen molar-refractivity contribution in [2.45, 2.75) is 6.61 Å². The molecule has 0 atom stereocenters. The van der Waals surface area contributed by atoms with Gasteiger partial charge in [-0.15, -0.1) is 0 Å². The summed E-state index contributed by atoms with van der Waals surface area (Å²) in [6, 6.07) is 8.50. The van der Waals surface area contributed by atoms with Crippen LogP contribution >= 0.6 is 11.6 Å². The van der Waals surface area contributed by atoms with Gasteiger partial charge in [-0.1, -0.05) is 22.8 Å². The van der Waals surface area contributed by atoms with Crippen LogP contribution in [0.5, 0.6) is 11.5 Å². The van der Waals surface area contributed by atoms with Crippen LogP contribution in [0.3, 0.4) is 0 Å². The number of anilines is 1. The Morgan fingerprint density at radius 1 is 1.17 bits per heavy atom. The number of fused-ring (bicyclic) bond motifs is 1. The minimum absolute atomic E-state index is 0.0273. The van der Waals surface area contributed by atoms with Crippen molar-refractivity contribution >= 4 is 29.2 Å². The molecule has 0 saturated carbocycles. The van der Waals surface area contributed by atoms with Crippen LogP contribution in [0.2, 0.25) is 5.02 Å². The predicted octanol–water partition coefficient (Wildman–Crippen LogP) is 3.41. The van der Waals surface area contributed by atoms with Crippen LogP contribution < -0.4 is 14.4 Å². The number of hydrogen-bond acceptors (Lipinski definition) is 8. The third-order valence-corrected chi connectivity index (χ3v) is 4.99. The number of oxime groups is 1. The Morgan fingerprint density at radius 2 is 1.97 bits per heavy atom. The van der Waals surface area contributed by atoms with Crippen molar-refractivity contribution in [1.82, 2.24) is 0 Å². The van der Waals surface area contributed by atoms with Crippen LogP contribution in [0.25, 0.3) is 0 Å². The minimum atomic E-state index is -0.389. The second-order valence-electron chi connectivity index (χ2n) is 6.71. The van der Waals surface area contributed by atoms with Gasteiger partial charge in [-0.05, 0) is 23.8 Å². The number of ether oxygens (including phenoxy) is 3. The third kappa shape index (κ3) is 4.58. The Morgan fingerprint density at radius 3 is 2.77 bits per heavy atom. The van der Waals surface area contributed by atoms with Gasteiger partial charge in [0.15, 0.2) is 11.5 Å². The van der Waals surface area contributed by atoms with E-state index in [0.717, 1.165) is 5.56 Å². The van der Waals surface area contributed by atoms with Gasteiger partial charge in [0.2, 0.25) is 0 Å². The monoisotopic (exact) mass is 433 g/mol. The molecule has 2 heterocycles. The number of halogens is 1. The summed E-state index contributed by atoms with van der Waals surface area (Å²) in [5.74, 6) is 1.11. The standard InChI is InChI=1S/C20H20ClN3O6/c21-16-9-15(11-19-20(16)29-8-7-28-19)13-30-22-12-14-1-2-17(18(10-14)24(25)26)23-3-5-27-6-4-23/h1-2,9-12H,3-8,13H2/b22-12+. The van der Waals surface area contributed by atoms with Gasteiger partial charge in [-0.25, -0.2) is 0 Å². The van der Waals surface area contributed by atoms with Crippen molar-refractivity contribution in [3.8, 4) is 11.5 Å². The van der Waals surface area contributed by atoms with Crippen LogP contribution in [0, 0.1) is 10.1 Å². The maximum Gasteiger partial charge on any atom is 0.293 e. The fourth-order valence-corrected chi connectivity index (χ4v) is 3.58. The third-order valence-electron chi connectivity index (χ3n) is 4.71. The number of rotatable bonds is 6. The molecule has 0 bridgehead atoms. The van der Waals surface area contributed by atoms with E-state index in [4.69, 9.17) is 30.6 Å². The Bertz CT molecular complexity index is 962. The molecule has 2 aromatic carbocycles. The van der Waals surface area contributed by atoms with E-state index in [1.807, 2.05) is 4.90 Å². The van der Waals surface area contributed by atoms with E-state index in [1.54, 1.807) is 24.3 Å². The van der Waals surface area contributed by atoms with Gasteiger partial charge in [0.25, 0.3) is 5.69 Å². The summed E-state index contributed by atoms with van der Waals surface area (Å²) < 4.78 is 16.3. The Balaban J connectivity index is 1.42. The van der Waals surface area contributed by atoms with Crippen molar-refractivity contribution < 1.29 is 24.0 Å². The first kappa shape index (κ1) is 20.2.